The Hall–Kier alpha value is -1.52. The van der Waals surface area contributed by atoms with Gasteiger partial charge in [0, 0.05) is 16.5 Å². The molecule has 2 unspecified atom stereocenters. The summed E-state index contributed by atoms with van der Waals surface area (Å²) in [5.74, 6) is 1.74. The molecule has 3 nitrogen and oxygen atoms in total. The van der Waals surface area contributed by atoms with Crippen molar-refractivity contribution in [2.45, 2.75) is 25.5 Å². The Morgan fingerprint density at radius 3 is 2.81 bits per heavy atom. The van der Waals surface area contributed by atoms with Gasteiger partial charge in [-0.15, -0.1) is 0 Å². The third-order valence-corrected chi connectivity index (χ3v) is 4.80. The number of para-hydroxylation sites is 1. The molecule has 21 heavy (non-hydrogen) atoms. The predicted molar refractivity (Wildman–Crippen MR) is 86.9 cm³/mol. The maximum Gasteiger partial charge on any atom is 0.124 e. The fourth-order valence-electron chi connectivity index (χ4n) is 2.72. The molecular weight excluding hydrogens is 330 g/mol. The number of halogens is 1. The largest absolute Gasteiger partial charge is 0.496 e. The topological polar surface area (TPSA) is 44.5 Å². The van der Waals surface area contributed by atoms with Crippen molar-refractivity contribution in [3.05, 3.63) is 57.6 Å². The van der Waals surface area contributed by atoms with Gasteiger partial charge < -0.3 is 15.2 Å². The van der Waals surface area contributed by atoms with E-state index in [1.807, 2.05) is 37.3 Å². The average Bonchev–Trinajstić information content (AvgIpc) is 2.92. The van der Waals surface area contributed by atoms with Crippen molar-refractivity contribution in [3.8, 4) is 11.5 Å². The summed E-state index contributed by atoms with van der Waals surface area (Å²) in [6.07, 6.45) is 0.761. The van der Waals surface area contributed by atoms with Crippen LogP contribution in [-0.2, 0) is 6.42 Å². The quantitative estimate of drug-likeness (QED) is 0.918. The lowest BCUT2D eigenvalue weighted by molar-refractivity contribution is 0.197. The number of ether oxygens (including phenoxy) is 2. The SMILES string of the molecule is COc1cc(C)c(Br)cc1C(N)C1Cc2ccccc2O1. The van der Waals surface area contributed by atoms with Crippen molar-refractivity contribution in [3.63, 3.8) is 0 Å². The molecule has 2 aromatic carbocycles. The lowest BCUT2D eigenvalue weighted by Gasteiger charge is -2.22. The molecule has 2 N–H and O–H groups in total. The van der Waals surface area contributed by atoms with Crippen LogP contribution in [0.4, 0.5) is 0 Å². The van der Waals surface area contributed by atoms with Crippen LogP contribution in [0.1, 0.15) is 22.7 Å². The lowest BCUT2D eigenvalue weighted by Crippen LogP contribution is -2.30. The molecule has 1 aliphatic heterocycles. The van der Waals surface area contributed by atoms with Gasteiger partial charge in [0.25, 0.3) is 0 Å². The maximum atomic E-state index is 6.45. The summed E-state index contributed by atoms with van der Waals surface area (Å²) in [7, 11) is 1.67. The van der Waals surface area contributed by atoms with Crippen LogP contribution in [-0.4, -0.2) is 13.2 Å². The first-order valence-electron chi connectivity index (χ1n) is 6.94. The molecule has 2 atom stereocenters. The summed E-state index contributed by atoms with van der Waals surface area (Å²) in [5.41, 5.74) is 9.75. The lowest BCUT2D eigenvalue weighted by atomic mass is 9.97. The second-order valence-electron chi connectivity index (χ2n) is 5.34. The molecular formula is C17H18BrNO2. The van der Waals surface area contributed by atoms with Gasteiger partial charge >= 0.3 is 0 Å². The molecule has 0 spiro atoms. The zero-order valence-electron chi connectivity index (χ0n) is 12.1. The Morgan fingerprint density at radius 2 is 2.10 bits per heavy atom. The number of hydrogen-bond donors (Lipinski definition) is 1. The molecule has 0 saturated heterocycles. The Bertz CT molecular complexity index is 647. The van der Waals surface area contributed by atoms with E-state index in [-0.39, 0.29) is 12.1 Å². The van der Waals surface area contributed by atoms with Crippen molar-refractivity contribution >= 4 is 15.9 Å². The van der Waals surface area contributed by atoms with Crippen molar-refractivity contribution in [2.24, 2.45) is 5.73 Å². The highest BCUT2D eigenvalue weighted by molar-refractivity contribution is 9.10. The van der Waals surface area contributed by atoms with Gasteiger partial charge in [-0.05, 0) is 36.2 Å². The summed E-state index contributed by atoms with van der Waals surface area (Å²) in [6, 6.07) is 11.9. The van der Waals surface area contributed by atoms with E-state index in [0.29, 0.717) is 0 Å². The molecule has 0 bridgehead atoms. The smallest absolute Gasteiger partial charge is 0.124 e. The van der Waals surface area contributed by atoms with E-state index in [1.165, 1.54) is 5.56 Å². The first-order valence-corrected chi connectivity index (χ1v) is 7.73. The van der Waals surface area contributed by atoms with Gasteiger partial charge in [0.15, 0.2) is 0 Å². The van der Waals surface area contributed by atoms with Crippen LogP contribution >= 0.6 is 15.9 Å². The van der Waals surface area contributed by atoms with Gasteiger partial charge in [-0.1, -0.05) is 34.1 Å². The van der Waals surface area contributed by atoms with E-state index in [9.17, 15) is 0 Å². The molecule has 0 radical (unpaired) electrons. The Balaban J connectivity index is 1.90. The van der Waals surface area contributed by atoms with Crippen molar-refractivity contribution in [1.29, 1.82) is 0 Å². The summed E-state index contributed by atoms with van der Waals surface area (Å²) in [5, 5.41) is 0. The molecule has 1 heterocycles. The average molecular weight is 348 g/mol. The van der Waals surface area contributed by atoms with Crippen LogP contribution in [0.3, 0.4) is 0 Å². The van der Waals surface area contributed by atoms with E-state index in [2.05, 4.69) is 22.0 Å². The third-order valence-electron chi connectivity index (χ3n) is 3.94. The van der Waals surface area contributed by atoms with Gasteiger partial charge in [0.1, 0.15) is 17.6 Å². The van der Waals surface area contributed by atoms with Crippen molar-refractivity contribution in [2.75, 3.05) is 7.11 Å². The molecule has 0 aromatic heterocycles. The molecule has 0 aliphatic carbocycles. The van der Waals surface area contributed by atoms with Gasteiger partial charge in [0.2, 0.25) is 0 Å². The Labute approximate surface area is 133 Å². The Morgan fingerprint density at radius 1 is 1.33 bits per heavy atom. The molecule has 110 valence electrons. The van der Waals surface area contributed by atoms with Crippen LogP contribution in [0.15, 0.2) is 40.9 Å². The van der Waals surface area contributed by atoms with E-state index in [1.54, 1.807) is 7.11 Å². The minimum absolute atomic E-state index is 0.0640. The molecule has 0 amide bonds. The summed E-state index contributed by atoms with van der Waals surface area (Å²) < 4.78 is 12.5. The molecule has 0 fully saturated rings. The number of nitrogens with two attached hydrogens (primary N) is 1. The predicted octanol–water partition coefficient (Wildman–Crippen LogP) is 3.77. The summed E-state index contributed by atoms with van der Waals surface area (Å²) in [6.45, 7) is 2.03. The highest BCUT2D eigenvalue weighted by atomic mass is 79.9. The molecule has 2 aromatic rings. The number of rotatable bonds is 3. The fraction of sp³-hybridized carbons (Fsp3) is 0.294. The van der Waals surface area contributed by atoms with Gasteiger partial charge in [-0.25, -0.2) is 0 Å². The zero-order valence-corrected chi connectivity index (χ0v) is 13.7. The number of benzene rings is 2. The third kappa shape index (κ3) is 2.65. The van der Waals surface area contributed by atoms with E-state index in [4.69, 9.17) is 15.2 Å². The molecule has 4 heteroatoms. The highest BCUT2D eigenvalue weighted by Crippen LogP contribution is 2.37. The number of methoxy groups -OCH3 is 1. The first kappa shape index (κ1) is 14.4. The van der Waals surface area contributed by atoms with Crippen molar-refractivity contribution < 1.29 is 9.47 Å². The van der Waals surface area contributed by atoms with E-state index >= 15 is 0 Å². The zero-order chi connectivity index (χ0) is 15.0. The van der Waals surface area contributed by atoms with Crippen LogP contribution < -0.4 is 15.2 Å². The fourth-order valence-corrected chi connectivity index (χ4v) is 3.08. The van der Waals surface area contributed by atoms with Gasteiger partial charge in [-0.2, -0.15) is 0 Å². The molecule has 3 rings (SSSR count). The summed E-state index contributed by atoms with van der Waals surface area (Å²) in [4.78, 5) is 0. The van der Waals surface area contributed by atoms with Gasteiger partial charge in [0.05, 0.1) is 13.2 Å². The number of hydrogen-bond acceptors (Lipinski definition) is 3. The second kappa shape index (κ2) is 5.70. The molecule has 1 aliphatic rings. The van der Waals surface area contributed by atoms with E-state index in [0.717, 1.165) is 33.5 Å². The van der Waals surface area contributed by atoms with Crippen LogP contribution in [0.5, 0.6) is 11.5 Å². The highest BCUT2D eigenvalue weighted by Gasteiger charge is 2.30. The van der Waals surface area contributed by atoms with Crippen LogP contribution in [0, 0.1) is 6.92 Å². The van der Waals surface area contributed by atoms with Crippen LogP contribution in [0.25, 0.3) is 0 Å². The van der Waals surface area contributed by atoms with Crippen molar-refractivity contribution in [1.82, 2.24) is 0 Å². The Kier molecular flexibility index (Phi) is 3.91. The number of aryl methyl sites for hydroxylation is 1. The first-order chi connectivity index (χ1) is 10.1. The second-order valence-corrected chi connectivity index (χ2v) is 6.19. The normalized spacial score (nSPS) is 18.0. The maximum absolute atomic E-state index is 6.45. The van der Waals surface area contributed by atoms with Crippen LogP contribution in [0.2, 0.25) is 0 Å². The standard InChI is InChI=1S/C17H18BrNO2/c1-10-7-15(20-2)12(9-13(10)18)17(19)16-8-11-5-3-4-6-14(11)21-16/h3-7,9,16-17H,8,19H2,1-2H3. The minimum atomic E-state index is -0.232. The summed E-state index contributed by atoms with van der Waals surface area (Å²) >= 11 is 3.56. The number of fused-ring (bicyclic) bond motifs is 1. The van der Waals surface area contributed by atoms with Gasteiger partial charge in [-0.3, -0.25) is 0 Å². The monoisotopic (exact) mass is 347 g/mol. The molecule has 0 saturated carbocycles. The van der Waals surface area contributed by atoms with E-state index < -0.39 is 0 Å². The minimum Gasteiger partial charge on any atom is -0.496 e.